The van der Waals surface area contributed by atoms with Gasteiger partial charge in [-0.15, -0.1) is 0 Å². The van der Waals surface area contributed by atoms with E-state index in [4.69, 9.17) is 5.10 Å². The van der Waals surface area contributed by atoms with Crippen LogP contribution in [0.4, 0.5) is 13.2 Å². The summed E-state index contributed by atoms with van der Waals surface area (Å²) in [4.78, 5) is 21.8. The Morgan fingerprint density at radius 2 is 1.85 bits per heavy atom. The Morgan fingerprint density at radius 1 is 1.12 bits per heavy atom. The molecule has 9 nitrogen and oxygen atoms in total. The van der Waals surface area contributed by atoms with Crippen LogP contribution in [0.3, 0.4) is 0 Å². The van der Waals surface area contributed by atoms with E-state index in [-0.39, 0.29) is 35.0 Å². The van der Waals surface area contributed by atoms with Crippen molar-refractivity contribution < 1.29 is 31.5 Å². The topological polar surface area (TPSA) is 127 Å². The highest BCUT2D eigenvalue weighted by Crippen LogP contribution is 2.44. The first-order chi connectivity index (χ1) is 19.0. The second-order valence-electron chi connectivity index (χ2n) is 10.7. The zero-order valence-electron chi connectivity index (χ0n) is 22.1. The molecule has 0 saturated heterocycles. The predicted molar refractivity (Wildman–Crippen MR) is 140 cm³/mol. The maximum atomic E-state index is 13.1. The predicted octanol–water partition coefficient (Wildman–Crippen LogP) is 4.33. The Morgan fingerprint density at radius 3 is 2.42 bits per heavy atom. The van der Waals surface area contributed by atoms with E-state index in [1.165, 1.54) is 31.5 Å². The molecule has 13 heteroatoms. The van der Waals surface area contributed by atoms with E-state index < -0.39 is 40.5 Å². The number of rotatable bonds is 9. The molecule has 0 aliphatic heterocycles. The number of aliphatic hydroxyl groups is 1. The number of alkyl halides is 3. The van der Waals surface area contributed by atoms with Gasteiger partial charge in [0.1, 0.15) is 11.0 Å². The van der Waals surface area contributed by atoms with Crippen molar-refractivity contribution in [2.24, 2.45) is 11.8 Å². The summed E-state index contributed by atoms with van der Waals surface area (Å²) < 4.78 is 65.2. The van der Waals surface area contributed by atoms with Crippen molar-refractivity contribution >= 4 is 26.8 Å². The molecule has 216 valence electrons. The molecule has 2 N–H and O–H groups in total. The normalized spacial score (nSPS) is 20.9. The third-order valence-corrected chi connectivity index (χ3v) is 9.65. The average molecular weight is 580 g/mol. The fourth-order valence-corrected chi connectivity index (χ4v) is 6.20. The summed E-state index contributed by atoms with van der Waals surface area (Å²) in [6.07, 6.45) is 1.75. The van der Waals surface area contributed by atoms with Crippen LogP contribution in [0.2, 0.25) is 0 Å². The molecule has 3 aromatic heterocycles. The van der Waals surface area contributed by atoms with Gasteiger partial charge in [0.05, 0.1) is 46.2 Å². The first-order valence-corrected chi connectivity index (χ1v) is 15.2. The number of carbonyl (C=O) groups is 1. The lowest BCUT2D eigenvalue weighted by Gasteiger charge is -2.30. The highest BCUT2D eigenvalue weighted by molar-refractivity contribution is 7.91. The second kappa shape index (κ2) is 11.1. The van der Waals surface area contributed by atoms with E-state index in [1.54, 1.807) is 6.07 Å². The van der Waals surface area contributed by atoms with Crippen molar-refractivity contribution in [1.82, 2.24) is 25.1 Å². The largest absolute Gasteiger partial charge is 0.394 e. The molecule has 2 fully saturated rings. The van der Waals surface area contributed by atoms with E-state index in [0.29, 0.717) is 42.0 Å². The van der Waals surface area contributed by atoms with Gasteiger partial charge in [-0.2, -0.15) is 18.3 Å². The molecular weight excluding hydrogens is 547 g/mol. The summed E-state index contributed by atoms with van der Waals surface area (Å²) in [6, 6.07) is 3.61. The van der Waals surface area contributed by atoms with Crippen LogP contribution in [0.1, 0.15) is 79.2 Å². The number of halogens is 3. The van der Waals surface area contributed by atoms with Crippen molar-refractivity contribution in [2.75, 3.05) is 12.4 Å². The average Bonchev–Trinajstić information content (AvgIpc) is 3.71. The minimum absolute atomic E-state index is 0.0619. The third kappa shape index (κ3) is 5.99. The summed E-state index contributed by atoms with van der Waals surface area (Å²) in [5, 5.41) is 17.3. The molecule has 3 aromatic rings. The van der Waals surface area contributed by atoms with Crippen LogP contribution < -0.4 is 5.32 Å². The molecular formula is C27H32F3N5O4S. The van der Waals surface area contributed by atoms with E-state index >= 15 is 0 Å². The summed E-state index contributed by atoms with van der Waals surface area (Å²) in [7, 11) is -3.43. The van der Waals surface area contributed by atoms with Gasteiger partial charge in [0.2, 0.25) is 0 Å². The zero-order valence-corrected chi connectivity index (χ0v) is 22.9. The smallest absolute Gasteiger partial charge is 0.391 e. The molecule has 1 atom stereocenters. The molecule has 2 saturated carbocycles. The van der Waals surface area contributed by atoms with Gasteiger partial charge in [0, 0.05) is 24.9 Å². The Bertz CT molecular complexity index is 1480. The first-order valence-electron chi connectivity index (χ1n) is 13.5. The first kappa shape index (κ1) is 28.5. The van der Waals surface area contributed by atoms with E-state index in [1.807, 2.05) is 4.68 Å². The van der Waals surface area contributed by atoms with Crippen LogP contribution in [0.15, 0.2) is 35.5 Å². The summed E-state index contributed by atoms with van der Waals surface area (Å²) >= 11 is 0. The van der Waals surface area contributed by atoms with Gasteiger partial charge in [-0.3, -0.25) is 19.4 Å². The second-order valence-corrected chi connectivity index (χ2v) is 13.0. The van der Waals surface area contributed by atoms with Gasteiger partial charge in [-0.25, -0.2) is 8.42 Å². The van der Waals surface area contributed by atoms with Crippen molar-refractivity contribution in [2.45, 2.75) is 75.0 Å². The van der Waals surface area contributed by atoms with E-state index in [9.17, 15) is 31.5 Å². The van der Waals surface area contributed by atoms with Crippen LogP contribution in [0.25, 0.3) is 11.0 Å². The molecule has 3 heterocycles. The maximum absolute atomic E-state index is 13.1. The highest BCUT2D eigenvalue weighted by atomic mass is 32.2. The Balaban J connectivity index is 1.32. The lowest BCUT2D eigenvalue weighted by Crippen LogP contribution is -2.31. The Hall–Kier alpha value is -3.06. The molecule has 2 aliphatic carbocycles. The molecule has 5 rings (SSSR count). The number of sulfone groups is 1. The monoisotopic (exact) mass is 579 g/mol. The Kier molecular flexibility index (Phi) is 7.88. The summed E-state index contributed by atoms with van der Waals surface area (Å²) in [6.45, 7) is 1.60. The molecule has 0 spiro atoms. The summed E-state index contributed by atoms with van der Waals surface area (Å²) in [5.41, 5.74) is 2.73. The van der Waals surface area contributed by atoms with Crippen molar-refractivity contribution in [1.29, 1.82) is 0 Å². The van der Waals surface area contributed by atoms with Crippen LogP contribution in [0, 0.1) is 11.8 Å². The maximum Gasteiger partial charge on any atom is 0.391 e. The molecule has 40 heavy (non-hydrogen) atoms. The van der Waals surface area contributed by atoms with Crippen molar-refractivity contribution in [3.63, 3.8) is 0 Å². The van der Waals surface area contributed by atoms with Gasteiger partial charge in [-0.1, -0.05) is 6.92 Å². The fraction of sp³-hybridized carbons (Fsp3) is 0.556. The molecule has 0 aromatic carbocycles. The molecule has 0 unspecified atom stereocenters. The number of nitrogens with one attached hydrogen (secondary N) is 1. The van der Waals surface area contributed by atoms with Crippen LogP contribution >= 0.6 is 0 Å². The third-order valence-electron chi connectivity index (χ3n) is 7.93. The number of carbonyl (C=O) groups excluding carboxylic acids is 1. The van der Waals surface area contributed by atoms with Gasteiger partial charge < -0.3 is 10.4 Å². The number of aliphatic hydroxyl groups excluding tert-OH is 1. The van der Waals surface area contributed by atoms with Crippen molar-refractivity contribution in [3.8, 4) is 0 Å². The van der Waals surface area contributed by atoms with E-state index in [0.717, 1.165) is 18.5 Å². The van der Waals surface area contributed by atoms with Crippen LogP contribution in [0.5, 0.6) is 0 Å². The molecule has 1 amide bonds. The van der Waals surface area contributed by atoms with Gasteiger partial charge in [0.15, 0.2) is 9.84 Å². The van der Waals surface area contributed by atoms with Crippen molar-refractivity contribution in [3.05, 3.63) is 47.5 Å². The SMILES string of the molecule is CCS(=O)(=O)c1ccc([C@H](CO)NC(=O)c2cnc3c(C4CC4)n(C[C@H]4CC[C@H](C(F)(F)F)CC4)nc3c2)nc1. The number of aromatic nitrogens is 4. The number of fused-ring (bicyclic) bond motifs is 1. The zero-order chi connectivity index (χ0) is 28.7. The quantitative estimate of drug-likeness (QED) is 0.386. The number of pyridine rings is 2. The van der Waals surface area contributed by atoms with E-state index in [2.05, 4.69) is 15.3 Å². The highest BCUT2D eigenvalue weighted by Gasteiger charge is 2.41. The van der Waals surface area contributed by atoms with Gasteiger partial charge >= 0.3 is 6.18 Å². The number of nitrogens with zero attached hydrogens (tertiary/aromatic N) is 4. The van der Waals surface area contributed by atoms with Crippen LogP contribution in [-0.2, 0) is 16.4 Å². The summed E-state index contributed by atoms with van der Waals surface area (Å²) in [5.74, 6) is -1.40. The number of hydrogen-bond acceptors (Lipinski definition) is 7. The number of amides is 1. The molecule has 0 bridgehead atoms. The lowest BCUT2D eigenvalue weighted by atomic mass is 9.81. The minimum atomic E-state index is -4.14. The lowest BCUT2D eigenvalue weighted by molar-refractivity contribution is -0.184. The van der Waals surface area contributed by atoms with Crippen LogP contribution in [-0.4, -0.2) is 57.7 Å². The Labute approximate surface area is 230 Å². The minimum Gasteiger partial charge on any atom is -0.394 e. The standard InChI is InChI=1S/C27H32F3N5O4S/c1-2-40(38,39)20-9-10-21(31-13-20)23(15-36)33-26(37)18-11-22-24(32-12-18)25(17-5-6-17)35(34-22)14-16-3-7-19(8-4-16)27(28,29)30/h9-13,16-17,19,23,36H,2-8,14-15H2,1H3,(H,33,37)/t16-,19-,23-/m0/s1. The van der Waals surface area contributed by atoms with Gasteiger partial charge in [-0.05, 0) is 62.6 Å². The molecule has 2 aliphatic rings. The van der Waals surface area contributed by atoms with Gasteiger partial charge in [0.25, 0.3) is 5.91 Å². The number of hydrogen-bond donors (Lipinski definition) is 2. The fourth-order valence-electron chi connectivity index (χ4n) is 5.38. The molecule has 0 radical (unpaired) electrons.